The summed E-state index contributed by atoms with van der Waals surface area (Å²) in [4.78, 5) is 0. The van der Waals surface area contributed by atoms with E-state index in [-0.39, 0.29) is 5.56 Å². The molecule has 13 heavy (non-hydrogen) atoms. The van der Waals surface area contributed by atoms with E-state index in [1.54, 1.807) is 0 Å². The van der Waals surface area contributed by atoms with Crippen molar-refractivity contribution in [2.24, 2.45) is 5.73 Å². The smallest absolute Gasteiger partial charge is 0.128 e. The molecule has 0 aromatic heterocycles. The van der Waals surface area contributed by atoms with Gasteiger partial charge in [-0.1, -0.05) is 6.92 Å². The van der Waals surface area contributed by atoms with Crippen LogP contribution >= 0.6 is 0 Å². The fourth-order valence-corrected chi connectivity index (χ4v) is 1.17. The molecule has 0 aliphatic carbocycles. The predicted molar refractivity (Wildman–Crippen MR) is 48.3 cm³/mol. The van der Waals surface area contributed by atoms with Crippen LogP contribution in [0.1, 0.15) is 30.5 Å². The Morgan fingerprint density at radius 3 is 2.46 bits per heavy atom. The van der Waals surface area contributed by atoms with Gasteiger partial charge in [0, 0.05) is 11.6 Å². The number of rotatable bonds is 2. The largest absolute Gasteiger partial charge is 0.324 e. The van der Waals surface area contributed by atoms with E-state index in [1.807, 2.05) is 6.92 Å². The summed E-state index contributed by atoms with van der Waals surface area (Å²) in [7, 11) is 0. The minimum Gasteiger partial charge on any atom is -0.324 e. The summed E-state index contributed by atoms with van der Waals surface area (Å²) in [5.74, 6) is -0.825. The van der Waals surface area contributed by atoms with Crippen molar-refractivity contribution in [2.75, 3.05) is 0 Å². The first kappa shape index (κ1) is 10.1. The Hall–Kier alpha value is -0.960. The van der Waals surface area contributed by atoms with Gasteiger partial charge < -0.3 is 5.73 Å². The van der Waals surface area contributed by atoms with Crippen molar-refractivity contribution in [1.82, 2.24) is 0 Å². The molecule has 0 bridgehead atoms. The lowest BCUT2D eigenvalue weighted by Gasteiger charge is -2.11. The maximum atomic E-state index is 13.2. The van der Waals surface area contributed by atoms with Gasteiger partial charge in [0.05, 0.1) is 0 Å². The molecule has 1 rings (SSSR count). The Morgan fingerprint density at radius 1 is 1.31 bits per heavy atom. The topological polar surface area (TPSA) is 26.0 Å². The van der Waals surface area contributed by atoms with Crippen LogP contribution in [0.4, 0.5) is 8.78 Å². The average molecular weight is 185 g/mol. The van der Waals surface area contributed by atoms with Gasteiger partial charge in [-0.25, -0.2) is 8.78 Å². The van der Waals surface area contributed by atoms with Gasteiger partial charge in [0.1, 0.15) is 11.6 Å². The molecule has 1 aromatic rings. The maximum Gasteiger partial charge on any atom is 0.128 e. The molecule has 2 N–H and O–H groups in total. The van der Waals surface area contributed by atoms with E-state index < -0.39 is 17.7 Å². The molecular formula is C10H13F2N. The first-order valence-electron chi connectivity index (χ1n) is 4.27. The normalized spacial score (nSPS) is 13.0. The van der Waals surface area contributed by atoms with Crippen molar-refractivity contribution in [3.63, 3.8) is 0 Å². The number of hydrogen-bond acceptors (Lipinski definition) is 1. The molecule has 0 aliphatic rings. The van der Waals surface area contributed by atoms with Gasteiger partial charge in [-0.3, -0.25) is 0 Å². The lowest BCUT2D eigenvalue weighted by atomic mass is 10.0. The molecule has 0 heterocycles. The maximum absolute atomic E-state index is 13.2. The zero-order valence-corrected chi connectivity index (χ0v) is 7.77. The second-order valence-corrected chi connectivity index (χ2v) is 3.14. The molecule has 1 nitrogen and oxygen atoms in total. The molecule has 0 amide bonds. The number of halogens is 2. The summed E-state index contributed by atoms with van der Waals surface area (Å²) in [6.45, 7) is 3.36. The molecule has 0 radical (unpaired) electrons. The zero-order chi connectivity index (χ0) is 10.0. The lowest BCUT2D eigenvalue weighted by Crippen LogP contribution is -2.11. The van der Waals surface area contributed by atoms with Crippen LogP contribution < -0.4 is 5.73 Å². The van der Waals surface area contributed by atoms with Crippen LogP contribution in [0.5, 0.6) is 0 Å². The highest BCUT2D eigenvalue weighted by Crippen LogP contribution is 2.20. The van der Waals surface area contributed by atoms with Crippen LogP contribution in [0, 0.1) is 18.6 Å². The molecule has 0 fully saturated rings. The fourth-order valence-electron chi connectivity index (χ4n) is 1.17. The Balaban J connectivity index is 3.15. The van der Waals surface area contributed by atoms with Crippen molar-refractivity contribution >= 4 is 0 Å². The van der Waals surface area contributed by atoms with Crippen molar-refractivity contribution < 1.29 is 8.78 Å². The van der Waals surface area contributed by atoms with Gasteiger partial charge in [0.2, 0.25) is 0 Å². The van der Waals surface area contributed by atoms with E-state index in [2.05, 4.69) is 0 Å². The summed E-state index contributed by atoms with van der Waals surface area (Å²) in [6, 6.07) is 1.94. The van der Waals surface area contributed by atoms with Crippen LogP contribution in [-0.2, 0) is 0 Å². The number of hydrogen-bond donors (Lipinski definition) is 1. The highest BCUT2D eigenvalue weighted by atomic mass is 19.1. The number of benzene rings is 1. The molecule has 1 atom stereocenters. The molecular weight excluding hydrogens is 172 g/mol. The average Bonchev–Trinajstić information content (AvgIpc) is 2.10. The molecule has 0 spiro atoms. The van der Waals surface area contributed by atoms with E-state index in [9.17, 15) is 8.78 Å². The summed E-state index contributed by atoms with van der Waals surface area (Å²) in [5.41, 5.74) is 6.17. The predicted octanol–water partition coefficient (Wildman–Crippen LogP) is 2.68. The Bertz CT molecular complexity index is 310. The van der Waals surface area contributed by atoms with Crippen molar-refractivity contribution in [2.45, 2.75) is 26.3 Å². The van der Waals surface area contributed by atoms with Gasteiger partial charge >= 0.3 is 0 Å². The van der Waals surface area contributed by atoms with Gasteiger partial charge in [-0.2, -0.15) is 0 Å². The third-order valence-electron chi connectivity index (χ3n) is 2.12. The third kappa shape index (κ3) is 2.04. The summed E-state index contributed by atoms with van der Waals surface area (Å²) in [6.07, 6.45) is 0.597. The SMILES string of the molecule is CCC(N)c1cc(F)c(C)cc1F. The summed E-state index contributed by atoms with van der Waals surface area (Å²) in [5, 5.41) is 0. The third-order valence-corrected chi connectivity index (χ3v) is 2.12. The van der Waals surface area contributed by atoms with Crippen LogP contribution in [0.3, 0.4) is 0 Å². The van der Waals surface area contributed by atoms with Crippen molar-refractivity contribution in [3.05, 3.63) is 34.9 Å². The lowest BCUT2D eigenvalue weighted by molar-refractivity contribution is 0.552. The fraction of sp³-hybridized carbons (Fsp3) is 0.400. The minimum absolute atomic E-state index is 0.255. The van der Waals surface area contributed by atoms with Crippen molar-refractivity contribution in [3.8, 4) is 0 Å². The highest BCUT2D eigenvalue weighted by Gasteiger charge is 2.12. The van der Waals surface area contributed by atoms with E-state index in [0.717, 1.165) is 0 Å². The molecule has 0 saturated heterocycles. The highest BCUT2D eigenvalue weighted by molar-refractivity contribution is 5.27. The number of nitrogens with two attached hydrogens (primary N) is 1. The molecule has 1 aromatic carbocycles. The summed E-state index contributed by atoms with van der Waals surface area (Å²) < 4.78 is 26.3. The van der Waals surface area contributed by atoms with E-state index in [0.29, 0.717) is 12.0 Å². The Labute approximate surface area is 76.6 Å². The van der Waals surface area contributed by atoms with Gasteiger partial charge in [0.15, 0.2) is 0 Å². The summed E-state index contributed by atoms with van der Waals surface area (Å²) >= 11 is 0. The monoisotopic (exact) mass is 185 g/mol. The van der Waals surface area contributed by atoms with Crippen LogP contribution in [0.25, 0.3) is 0 Å². The minimum atomic E-state index is -0.423. The second kappa shape index (κ2) is 3.83. The van der Waals surface area contributed by atoms with E-state index in [4.69, 9.17) is 5.73 Å². The van der Waals surface area contributed by atoms with Crippen LogP contribution in [-0.4, -0.2) is 0 Å². The van der Waals surface area contributed by atoms with Gasteiger partial charge in [-0.05, 0) is 31.0 Å². The second-order valence-electron chi connectivity index (χ2n) is 3.14. The first-order chi connectivity index (χ1) is 6.06. The van der Waals surface area contributed by atoms with Gasteiger partial charge in [-0.15, -0.1) is 0 Å². The van der Waals surface area contributed by atoms with Gasteiger partial charge in [0.25, 0.3) is 0 Å². The van der Waals surface area contributed by atoms with Crippen LogP contribution in [0.15, 0.2) is 12.1 Å². The Morgan fingerprint density at radius 2 is 1.92 bits per heavy atom. The molecule has 3 heteroatoms. The number of aryl methyl sites for hydroxylation is 1. The van der Waals surface area contributed by atoms with Crippen LogP contribution in [0.2, 0.25) is 0 Å². The molecule has 0 aliphatic heterocycles. The zero-order valence-electron chi connectivity index (χ0n) is 7.77. The Kier molecular flexibility index (Phi) is 2.98. The molecule has 72 valence electrons. The van der Waals surface area contributed by atoms with E-state index in [1.165, 1.54) is 19.1 Å². The molecule has 0 saturated carbocycles. The quantitative estimate of drug-likeness (QED) is 0.753. The standard InChI is InChI=1S/C10H13F2N/c1-3-10(13)7-5-8(11)6(2)4-9(7)12/h4-5,10H,3,13H2,1-2H3. The first-order valence-corrected chi connectivity index (χ1v) is 4.27. The van der Waals surface area contributed by atoms with Crippen molar-refractivity contribution in [1.29, 1.82) is 0 Å². The molecule has 1 unspecified atom stereocenters. The van der Waals surface area contributed by atoms with E-state index >= 15 is 0 Å².